The van der Waals surface area contributed by atoms with Crippen molar-refractivity contribution in [2.75, 3.05) is 6.54 Å². The first-order chi connectivity index (χ1) is 8.67. The molecule has 102 valence electrons. The lowest BCUT2D eigenvalue weighted by atomic mass is 9.97. The molecule has 0 bridgehead atoms. The molecule has 1 nitrogen and oxygen atoms in total. The molecule has 1 aromatic carbocycles. The van der Waals surface area contributed by atoms with E-state index in [1.807, 2.05) is 0 Å². The first-order valence-electron chi connectivity index (χ1n) is 7.46. The summed E-state index contributed by atoms with van der Waals surface area (Å²) in [6, 6.07) is 7.52. The third-order valence-corrected chi connectivity index (χ3v) is 3.70. The summed E-state index contributed by atoms with van der Waals surface area (Å²) in [6.07, 6.45) is 6.48. The van der Waals surface area contributed by atoms with Crippen LogP contribution in [0.2, 0.25) is 0 Å². The van der Waals surface area contributed by atoms with Crippen LogP contribution in [-0.2, 0) is 6.42 Å². The molecule has 0 aromatic heterocycles. The SMILES string of the molecule is CCCCCC(Cc1ccc(C)c(C)c1)NCC. The number of hydrogen-bond donors (Lipinski definition) is 1. The van der Waals surface area contributed by atoms with Crippen molar-refractivity contribution < 1.29 is 0 Å². The maximum atomic E-state index is 3.62. The molecule has 0 saturated carbocycles. The van der Waals surface area contributed by atoms with Gasteiger partial charge in [-0.3, -0.25) is 0 Å². The third-order valence-electron chi connectivity index (χ3n) is 3.70. The van der Waals surface area contributed by atoms with Gasteiger partial charge in [0.1, 0.15) is 0 Å². The van der Waals surface area contributed by atoms with Crippen molar-refractivity contribution in [1.82, 2.24) is 5.32 Å². The van der Waals surface area contributed by atoms with Gasteiger partial charge >= 0.3 is 0 Å². The summed E-state index contributed by atoms with van der Waals surface area (Å²) < 4.78 is 0. The number of benzene rings is 1. The zero-order valence-corrected chi connectivity index (χ0v) is 12.6. The van der Waals surface area contributed by atoms with Gasteiger partial charge in [-0.2, -0.15) is 0 Å². The van der Waals surface area contributed by atoms with E-state index in [1.165, 1.54) is 48.8 Å². The molecule has 0 aliphatic heterocycles. The van der Waals surface area contributed by atoms with Crippen LogP contribution in [0.1, 0.15) is 56.2 Å². The molecule has 1 heteroatoms. The van der Waals surface area contributed by atoms with Gasteiger partial charge in [0.15, 0.2) is 0 Å². The Kier molecular flexibility index (Phi) is 7.04. The molecule has 0 amide bonds. The number of nitrogens with one attached hydrogen (secondary N) is 1. The van der Waals surface area contributed by atoms with E-state index in [9.17, 15) is 0 Å². The molecule has 1 N–H and O–H groups in total. The summed E-state index contributed by atoms with van der Waals surface area (Å²) >= 11 is 0. The summed E-state index contributed by atoms with van der Waals surface area (Å²) in [7, 11) is 0. The van der Waals surface area contributed by atoms with Gasteiger partial charge in [-0.25, -0.2) is 0 Å². The normalized spacial score (nSPS) is 12.7. The van der Waals surface area contributed by atoms with E-state index >= 15 is 0 Å². The minimum Gasteiger partial charge on any atom is -0.314 e. The molecule has 18 heavy (non-hydrogen) atoms. The van der Waals surface area contributed by atoms with Gasteiger partial charge in [0.2, 0.25) is 0 Å². The summed E-state index contributed by atoms with van der Waals surface area (Å²) in [6.45, 7) is 9.93. The fraction of sp³-hybridized carbons (Fsp3) is 0.647. The predicted octanol–water partition coefficient (Wildman–Crippen LogP) is 4.40. The zero-order chi connectivity index (χ0) is 13.4. The lowest BCUT2D eigenvalue weighted by Crippen LogP contribution is -2.30. The van der Waals surface area contributed by atoms with E-state index in [-0.39, 0.29) is 0 Å². The van der Waals surface area contributed by atoms with E-state index in [0.717, 1.165) is 6.54 Å². The molecule has 0 radical (unpaired) electrons. The Morgan fingerprint density at radius 1 is 1.06 bits per heavy atom. The van der Waals surface area contributed by atoms with Gasteiger partial charge in [-0.1, -0.05) is 51.3 Å². The molecule has 1 rings (SSSR count). The molecule has 1 aromatic rings. The van der Waals surface area contributed by atoms with Crippen molar-refractivity contribution in [3.05, 3.63) is 34.9 Å². The largest absolute Gasteiger partial charge is 0.314 e. The quantitative estimate of drug-likeness (QED) is 0.671. The Morgan fingerprint density at radius 3 is 2.44 bits per heavy atom. The summed E-state index contributed by atoms with van der Waals surface area (Å²) in [5, 5.41) is 3.62. The van der Waals surface area contributed by atoms with Gasteiger partial charge in [-0.15, -0.1) is 0 Å². The number of aryl methyl sites for hydroxylation is 2. The fourth-order valence-electron chi connectivity index (χ4n) is 2.42. The van der Waals surface area contributed by atoms with Crippen molar-refractivity contribution in [2.24, 2.45) is 0 Å². The van der Waals surface area contributed by atoms with Gasteiger partial charge < -0.3 is 5.32 Å². The molecule has 0 aliphatic rings. The molecule has 1 unspecified atom stereocenters. The lowest BCUT2D eigenvalue weighted by Gasteiger charge is -2.18. The van der Waals surface area contributed by atoms with Crippen LogP contribution < -0.4 is 5.32 Å². The molecule has 0 heterocycles. The van der Waals surface area contributed by atoms with Gasteiger partial charge in [0.25, 0.3) is 0 Å². The van der Waals surface area contributed by atoms with Crippen molar-refractivity contribution in [1.29, 1.82) is 0 Å². The molecular formula is C17H29N. The average Bonchev–Trinajstić information content (AvgIpc) is 2.34. The zero-order valence-electron chi connectivity index (χ0n) is 12.6. The number of hydrogen-bond acceptors (Lipinski definition) is 1. The number of unbranched alkanes of at least 4 members (excludes halogenated alkanes) is 2. The standard InChI is InChI=1S/C17H29N/c1-5-7-8-9-17(18-6-2)13-16-11-10-14(3)15(4)12-16/h10-12,17-18H,5-9,13H2,1-4H3. The second-order valence-corrected chi connectivity index (χ2v) is 5.37. The van der Waals surface area contributed by atoms with Crippen LogP contribution in [0, 0.1) is 13.8 Å². The minimum atomic E-state index is 0.642. The van der Waals surface area contributed by atoms with Crippen molar-refractivity contribution in [2.45, 2.75) is 65.8 Å². The van der Waals surface area contributed by atoms with Gasteiger partial charge in [0, 0.05) is 6.04 Å². The molecule has 0 fully saturated rings. The van der Waals surface area contributed by atoms with Crippen LogP contribution in [-0.4, -0.2) is 12.6 Å². The molecule has 0 saturated heterocycles. The van der Waals surface area contributed by atoms with E-state index in [1.54, 1.807) is 0 Å². The summed E-state index contributed by atoms with van der Waals surface area (Å²) in [4.78, 5) is 0. The third kappa shape index (κ3) is 5.22. The Labute approximate surface area is 113 Å². The van der Waals surface area contributed by atoms with Crippen molar-refractivity contribution >= 4 is 0 Å². The van der Waals surface area contributed by atoms with E-state index in [2.05, 4.69) is 51.2 Å². The monoisotopic (exact) mass is 247 g/mol. The molecule has 0 aliphatic carbocycles. The Morgan fingerprint density at radius 2 is 1.83 bits per heavy atom. The second-order valence-electron chi connectivity index (χ2n) is 5.37. The Bertz CT molecular complexity index is 343. The van der Waals surface area contributed by atoms with E-state index in [4.69, 9.17) is 0 Å². The van der Waals surface area contributed by atoms with Crippen LogP contribution in [0.3, 0.4) is 0 Å². The first kappa shape index (κ1) is 15.2. The predicted molar refractivity (Wildman–Crippen MR) is 81.2 cm³/mol. The lowest BCUT2D eigenvalue weighted by molar-refractivity contribution is 0.467. The van der Waals surface area contributed by atoms with Crippen LogP contribution in [0.5, 0.6) is 0 Å². The Balaban J connectivity index is 2.55. The highest BCUT2D eigenvalue weighted by Crippen LogP contribution is 2.14. The maximum Gasteiger partial charge on any atom is 0.0107 e. The molecular weight excluding hydrogens is 218 g/mol. The summed E-state index contributed by atoms with van der Waals surface area (Å²) in [5.74, 6) is 0. The average molecular weight is 247 g/mol. The van der Waals surface area contributed by atoms with Crippen LogP contribution in [0.4, 0.5) is 0 Å². The fourth-order valence-corrected chi connectivity index (χ4v) is 2.42. The second kappa shape index (κ2) is 8.31. The minimum absolute atomic E-state index is 0.642. The van der Waals surface area contributed by atoms with Crippen molar-refractivity contribution in [3.63, 3.8) is 0 Å². The highest BCUT2D eigenvalue weighted by atomic mass is 14.9. The van der Waals surface area contributed by atoms with Crippen LogP contribution in [0.15, 0.2) is 18.2 Å². The van der Waals surface area contributed by atoms with E-state index < -0.39 is 0 Å². The Hall–Kier alpha value is -0.820. The van der Waals surface area contributed by atoms with Crippen molar-refractivity contribution in [3.8, 4) is 0 Å². The van der Waals surface area contributed by atoms with Gasteiger partial charge in [0.05, 0.1) is 0 Å². The number of likely N-dealkylation sites (N-methyl/N-ethyl adjacent to an activating group) is 1. The first-order valence-corrected chi connectivity index (χ1v) is 7.46. The summed E-state index contributed by atoms with van der Waals surface area (Å²) in [5.41, 5.74) is 4.28. The van der Waals surface area contributed by atoms with Crippen LogP contribution >= 0.6 is 0 Å². The van der Waals surface area contributed by atoms with Gasteiger partial charge in [-0.05, 0) is 49.9 Å². The highest BCUT2D eigenvalue weighted by molar-refractivity contribution is 5.30. The molecule has 1 atom stereocenters. The van der Waals surface area contributed by atoms with E-state index in [0.29, 0.717) is 6.04 Å². The topological polar surface area (TPSA) is 12.0 Å². The number of rotatable bonds is 8. The highest BCUT2D eigenvalue weighted by Gasteiger charge is 2.08. The molecule has 0 spiro atoms. The maximum absolute atomic E-state index is 3.62. The smallest absolute Gasteiger partial charge is 0.0107 e. The van der Waals surface area contributed by atoms with Crippen LogP contribution in [0.25, 0.3) is 0 Å².